The molecule has 2 aromatic rings. The number of benzene rings is 1. The molecule has 1 N–H and O–H groups in total. The average Bonchev–Trinajstić information content (AvgIpc) is 2.90. The van der Waals surface area contributed by atoms with E-state index in [1.165, 1.54) is 29.7 Å². The van der Waals surface area contributed by atoms with Gasteiger partial charge in [-0.15, -0.1) is 0 Å². The number of ether oxygens (including phenoxy) is 2. The summed E-state index contributed by atoms with van der Waals surface area (Å²) in [6.45, 7) is 5.58. The second-order valence-corrected chi connectivity index (χ2v) is 7.20. The van der Waals surface area contributed by atoms with E-state index in [0.717, 1.165) is 6.20 Å². The normalized spacial score (nSPS) is 14.6. The lowest BCUT2D eigenvalue weighted by Gasteiger charge is -2.27. The van der Waals surface area contributed by atoms with Gasteiger partial charge in [0.1, 0.15) is 12.1 Å². The molecule has 9 heteroatoms. The van der Waals surface area contributed by atoms with Crippen LogP contribution < -0.4 is 0 Å². The van der Waals surface area contributed by atoms with Crippen molar-refractivity contribution in [2.45, 2.75) is 51.6 Å². The van der Waals surface area contributed by atoms with E-state index in [-0.39, 0.29) is 17.5 Å². The Labute approximate surface area is 159 Å². The minimum atomic E-state index is -5.33. The molecule has 1 aromatic carbocycles. The van der Waals surface area contributed by atoms with Crippen molar-refractivity contribution in [3.05, 3.63) is 36.0 Å². The Morgan fingerprint density at radius 2 is 1.75 bits per heavy atom. The minimum Gasteiger partial charge on any atom is -0.463 e. The van der Waals surface area contributed by atoms with E-state index in [1.54, 1.807) is 26.8 Å². The Morgan fingerprint density at radius 1 is 1.14 bits per heavy atom. The summed E-state index contributed by atoms with van der Waals surface area (Å²) in [5, 5.41) is 10.4. The number of hydrogen-bond donors (Lipinski definition) is 1. The predicted octanol–water partition coefficient (Wildman–Crippen LogP) is 3.30. The minimum absolute atomic E-state index is 0.0288. The molecule has 0 aliphatic rings. The summed E-state index contributed by atoms with van der Waals surface area (Å²) in [7, 11) is 0. The summed E-state index contributed by atoms with van der Waals surface area (Å²) in [6.07, 6.45) is -4.40. The van der Waals surface area contributed by atoms with E-state index in [4.69, 9.17) is 4.74 Å². The van der Waals surface area contributed by atoms with Crippen molar-refractivity contribution in [2.75, 3.05) is 6.61 Å². The Balaban J connectivity index is 2.62. The highest BCUT2D eigenvalue weighted by molar-refractivity contribution is 5.93. The first-order valence-corrected chi connectivity index (χ1v) is 8.57. The molecule has 6 nitrogen and oxygen atoms in total. The number of fused-ring (bicyclic) bond motifs is 1. The third-order valence-electron chi connectivity index (χ3n) is 3.88. The summed E-state index contributed by atoms with van der Waals surface area (Å²) in [4.78, 5) is 24.2. The van der Waals surface area contributed by atoms with Crippen molar-refractivity contribution in [3.63, 3.8) is 0 Å². The molecule has 0 aliphatic carbocycles. The molecule has 0 spiro atoms. The standard InChI is InChI=1S/C19H22F3NO5/c1-5-27-16(25)18(26,19(20,21)22)13-10-23(11-15(24)28-17(2,3)4)14-9-7-6-8-12(13)14/h6-10,26H,5,11H2,1-4H3. The van der Waals surface area contributed by atoms with Gasteiger partial charge in [0.15, 0.2) is 0 Å². The van der Waals surface area contributed by atoms with Crippen LogP contribution in [0.4, 0.5) is 13.2 Å². The lowest BCUT2D eigenvalue weighted by Crippen LogP contribution is -2.50. The number of nitrogens with zero attached hydrogens (tertiary/aromatic N) is 1. The number of carbonyl (C=O) groups is 2. The number of para-hydroxylation sites is 1. The Hall–Kier alpha value is -2.55. The van der Waals surface area contributed by atoms with Gasteiger partial charge < -0.3 is 19.1 Å². The smallest absolute Gasteiger partial charge is 0.432 e. The molecule has 1 atom stereocenters. The van der Waals surface area contributed by atoms with Gasteiger partial charge in [-0.3, -0.25) is 4.79 Å². The fourth-order valence-electron chi connectivity index (χ4n) is 2.79. The molecule has 0 saturated heterocycles. The molecule has 2 rings (SSSR count). The van der Waals surface area contributed by atoms with Crippen molar-refractivity contribution < 1.29 is 37.3 Å². The number of alkyl halides is 3. The molecule has 0 saturated carbocycles. The number of rotatable bonds is 5. The van der Waals surface area contributed by atoms with E-state index >= 15 is 0 Å². The fourth-order valence-corrected chi connectivity index (χ4v) is 2.79. The molecule has 0 aliphatic heterocycles. The molecule has 0 amide bonds. The highest BCUT2D eigenvalue weighted by atomic mass is 19.4. The Kier molecular flexibility index (Phi) is 5.79. The summed E-state index contributed by atoms with van der Waals surface area (Å²) >= 11 is 0. The summed E-state index contributed by atoms with van der Waals surface area (Å²) < 4.78 is 52.1. The molecule has 1 unspecified atom stereocenters. The number of hydrogen-bond acceptors (Lipinski definition) is 5. The SMILES string of the molecule is CCOC(=O)C(O)(c1cn(CC(=O)OC(C)(C)C)c2ccccc12)C(F)(F)F. The van der Waals surface area contributed by atoms with Gasteiger partial charge in [-0.25, -0.2) is 4.79 Å². The van der Waals surface area contributed by atoms with Crippen LogP contribution in [0.2, 0.25) is 0 Å². The molecule has 0 bridgehead atoms. The van der Waals surface area contributed by atoms with Crippen molar-refractivity contribution in [1.29, 1.82) is 0 Å². The van der Waals surface area contributed by atoms with Gasteiger partial charge in [-0.1, -0.05) is 18.2 Å². The lowest BCUT2D eigenvalue weighted by molar-refractivity contribution is -0.267. The molecule has 1 aromatic heterocycles. The van der Waals surface area contributed by atoms with E-state index in [0.29, 0.717) is 0 Å². The van der Waals surface area contributed by atoms with Crippen LogP contribution in [0.25, 0.3) is 10.9 Å². The van der Waals surface area contributed by atoms with Crippen molar-refractivity contribution in [3.8, 4) is 0 Å². The van der Waals surface area contributed by atoms with E-state index < -0.39 is 41.4 Å². The quantitative estimate of drug-likeness (QED) is 0.778. The summed E-state index contributed by atoms with van der Waals surface area (Å²) in [5.74, 6) is -2.51. The van der Waals surface area contributed by atoms with Gasteiger partial charge in [0.05, 0.1) is 6.61 Å². The third kappa shape index (κ3) is 4.14. The largest absolute Gasteiger partial charge is 0.463 e. The second kappa shape index (κ2) is 7.46. The number of carbonyl (C=O) groups excluding carboxylic acids is 2. The van der Waals surface area contributed by atoms with Crippen LogP contribution in [-0.4, -0.2) is 40.0 Å². The molecule has 154 valence electrons. The maximum Gasteiger partial charge on any atom is 0.432 e. The van der Waals surface area contributed by atoms with Crippen LogP contribution in [0.15, 0.2) is 30.5 Å². The molecule has 1 heterocycles. The maximum absolute atomic E-state index is 13.7. The Bertz CT molecular complexity index is 882. The second-order valence-electron chi connectivity index (χ2n) is 7.20. The number of halogens is 3. The summed E-state index contributed by atoms with van der Waals surface area (Å²) in [6, 6.07) is 5.83. The first-order chi connectivity index (χ1) is 12.8. The van der Waals surface area contributed by atoms with E-state index in [1.807, 2.05) is 0 Å². The fraction of sp³-hybridized carbons (Fsp3) is 0.474. The third-order valence-corrected chi connectivity index (χ3v) is 3.88. The van der Waals surface area contributed by atoms with Gasteiger partial charge in [0.25, 0.3) is 5.60 Å². The summed E-state index contributed by atoms with van der Waals surface area (Å²) in [5.41, 5.74) is -5.13. The lowest BCUT2D eigenvalue weighted by atomic mass is 9.92. The first-order valence-electron chi connectivity index (χ1n) is 8.57. The average molecular weight is 401 g/mol. The van der Waals surface area contributed by atoms with Crippen LogP contribution in [0, 0.1) is 0 Å². The first kappa shape index (κ1) is 21.7. The van der Waals surface area contributed by atoms with Crippen molar-refractivity contribution in [1.82, 2.24) is 4.57 Å². The van der Waals surface area contributed by atoms with E-state index in [9.17, 15) is 27.9 Å². The maximum atomic E-state index is 13.7. The monoisotopic (exact) mass is 401 g/mol. The van der Waals surface area contributed by atoms with Crippen LogP contribution in [0.1, 0.15) is 33.3 Å². The zero-order valence-electron chi connectivity index (χ0n) is 16.0. The zero-order valence-corrected chi connectivity index (χ0v) is 16.0. The number of esters is 2. The number of aliphatic hydroxyl groups is 1. The number of aromatic nitrogens is 1. The van der Waals surface area contributed by atoms with Gasteiger partial charge >= 0.3 is 18.1 Å². The van der Waals surface area contributed by atoms with Crippen molar-refractivity contribution >= 4 is 22.8 Å². The predicted molar refractivity (Wildman–Crippen MR) is 94.4 cm³/mol. The highest BCUT2D eigenvalue weighted by Gasteiger charge is 2.63. The molecule has 0 fully saturated rings. The van der Waals surface area contributed by atoms with Crippen LogP contribution >= 0.6 is 0 Å². The van der Waals surface area contributed by atoms with Gasteiger partial charge in [0.2, 0.25) is 0 Å². The van der Waals surface area contributed by atoms with Crippen LogP contribution in [0.5, 0.6) is 0 Å². The molecule has 0 radical (unpaired) electrons. The molecule has 28 heavy (non-hydrogen) atoms. The highest BCUT2D eigenvalue weighted by Crippen LogP contribution is 2.43. The Morgan fingerprint density at radius 3 is 2.29 bits per heavy atom. The molecular weight excluding hydrogens is 379 g/mol. The van der Waals surface area contributed by atoms with Gasteiger partial charge in [0, 0.05) is 22.7 Å². The van der Waals surface area contributed by atoms with Crippen LogP contribution in [0.3, 0.4) is 0 Å². The van der Waals surface area contributed by atoms with Gasteiger partial charge in [-0.05, 0) is 33.8 Å². The van der Waals surface area contributed by atoms with Gasteiger partial charge in [-0.2, -0.15) is 13.2 Å². The topological polar surface area (TPSA) is 77.8 Å². The van der Waals surface area contributed by atoms with Crippen molar-refractivity contribution in [2.24, 2.45) is 0 Å². The molecular formula is C19H22F3NO5. The van der Waals surface area contributed by atoms with E-state index in [2.05, 4.69) is 4.74 Å². The van der Waals surface area contributed by atoms with Crippen LogP contribution in [-0.2, 0) is 31.2 Å². The zero-order chi connectivity index (χ0) is 21.3.